The average molecular weight is 419 g/mol. The van der Waals surface area contributed by atoms with Crippen molar-refractivity contribution in [3.05, 3.63) is 51.9 Å². The van der Waals surface area contributed by atoms with Crippen LogP contribution in [0.25, 0.3) is 11.0 Å². The summed E-state index contributed by atoms with van der Waals surface area (Å²) in [6.45, 7) is 4.34. The summed E-state index contributed by atoms with van der Waals surface area (Å²) in [5.41, 5.74) is 2.22. The molecule has 3 heterocycles. The van der Waals surface area contributed by atoms with Crippen molar-refractivity contribution < 1.29 is 9.53 Å². The van der Waals surface area contributed by atoms with Gasteiger partial charge >= 0.3 is 5.97 Å². The molecule has 0 spiro atoms. The fraction of sp³-hybridized carbons (Fsp3) is 0.391. The highest BCUT2D eigenvalue weighted by Gasteiger charge is 2.21. The molecule has 0 N–H and O–H groups in total. The van der Waals surface area contributed by atoms with Crippen molar-refractivity contribution in [2.45, 2.75) is 39.3 Å². The van der Waals surface area contributed by atoms with Crippen molar-refractivity contribution in [3.63, 3.8) is 0 Å². The molecular weight excluding hydrogens is 394 g/mol. The van der Waals surface area contributed by atoms with E-state index in [1.165, 1.54) is 18.2 Å². The van der Waals surface area contributed by atoms with Gasteiger partial charge < -0.3 is 9.64 Å². The van der Waals surface area contributed by atoms with Crippen LogP contribution >= 0.6 is 0 Å². The first-order valence-electron chi connectivity index (χ1n) is 10.4. The number of esters is 1. The number of anilines is 1. The third kappa shape index (κ3) is 4.17. The van der Waals surface area contributed by atoms with Gasteiger partial charge in [-0.1, -0.05) is 18.1 Å². The standard InChI is InChI=1S/C23H25N5O3/c1-3-4-14-27-20-19(25-23(27)26-12-6-5-7-13-26)15-24-28(21(20)29)16-17-8-10-18(11-9-17)22(30)31-2/h8-11,15H,5-7,12-14,16H2,1-2H3. The summed E-state index contributed by atoms with van der Waals surface area (Å²) < 4.78 is 8.07. The minimum atomic E-state index is -0.394. The molecule has 0 aliphatic carbocycles. The number of fused-ring (bicyclic) bond motifs is 1. The van der Waals surface area contributed by atoms with Crippen LogP contribution in [0.2, 0.25) is 0 Å². The van der Waals surface area contributed by atoms with E-state index in [2.05, 4.69) is 21.8 Å². The van der Waals surface area contributed by atoms with Crippen molar-refractivity contribution in [3.8, 4) is 11.8 Å². The monoisotopic (exact) mass is 419 g/mol. The zero-order chi connectivity index (χ0) is 21.8. The Morgan fingerprint density at radius 1 is 1.16 bits per heavy atom. The van der Waals surface area contributed by atoms with E-state index in [1.54, 1.807) is 37.4 Å². The molecule has 0 amide bonds. The average Bonchev–Trinajstić information content (AvgIpc) is 3.19. The summed E-state index contributed by atoms with van der Waals surface area (Å²) >= 11 is 0. The molecule has 8 heteroatoms. The van der Waals surface area contributed by atoms with Gasteiger partial charge in [-0.15, -0.1) is 5.92 Å². The van der Waals surface area contributed by atoms with Crippen LogP contribution in [0.15, 0.2) is 35.3 Å². The molecule has 0 radical (unpaired) electrons. The second-order valence-corrected chi connectivity index (χ2v) is 7.50. The van der Waals surface area contributed by atoms with Crippen LogP contribution in [0.4, 0.5) is 5.95 Å². The fourth-order valence-electron chi connectivity index (χ4n) is 3.87. The van der Waals surface area contributed by atoms with E-state index in [1.807, 2.05) is 4.57 Å². The Balaban J connectivity index is 1.72. The van der Waals surface area contributed by atoms with E-state index >= 15 is 0 Å². The van der Waals surface area contributed by atoms with Gasteiger partial charge in [0.05, 0.1) is 32.0 Å². The first-order valence-corrected chi connectivity index (χ1v) is 10.4. The molecule has 2 aromatic heterocycles. The maximum absolute atomic E-state index is 13.3. The van der Waals surface area contributed by atoms with Gasteiger partial charge in [0.2, 0.25) is 5.95 Å². The van der Waals surface area contributed by atoms with E-state index in [0.29, 0.717) is 29.7 Å². The maximum Gasteiger partial charge on any atom is 0.337 e. The van der Waals surface area contributed by atoms with Crippen LogP contribution in [-0.2, 0) is 17.8 Å². The summed E-state index contributed by atoms with van der Waals surface area (Å²) in [6, 6.07) is 6.95. The Hall–Kier alpha value is -3.60. The van der Waals surface area contributed by atoms with Crippen LogP contribution < -0.4 is 10.5 Å². The highest BCUT2D eigenvalue weighted by molar-refractivity contribution is 5.89. The summed E-state index contributed by atoms with van der Waals surface area (Å²) in [5, 5.41) is 4.34. The first kappa shape index (κ1) is 20.7. The molecule has 0 unspecified atom stereocenters. The number of carbonyl (C=O) groups excluding carboxylic acids is 1. The summed E-state index contributed by atoms with van der Waals surface area (Å²) in [4.78, 5) is 31.9. The lowest BCUT2D eigenvalue weighted by Crippen LogP contribution is -2.32. The molecule has 0 atom stereocenters. The van der Waals surface area contributed by atoms with E-state index in [-0.39, 0.29) is 5.56 Å². The number of methoxy groups -OCH3 is 1. The van der Waals surface area contributed by atoms with Crippen LogP contribution in [0.3, 0.4) is 0 Å². The van der Waals surface area contributed by atoms with Crippen molar-refractivity contribution in [2.24, 2.45) is 0 Å². The summed E-state index contributed by atoms with van der Waals surface area (Å²) in [6.07, 6.45) is 5.09. The normalized spacial score (nSPS) is 13.7. The molecule has 1 aliphatic heterocycles. The van der Waals surface area contributed by atoms with E-state index in [4.69, 9.17) is 9.72 Å². The minimum absolute atomic E-state index is 0.205. The number of rotatable bonds is 5. The quantitative estimate of drug-likeness (QED) is 0.467. The zero-order valence-corrected chi connectivity index (χ0v) is 17.8. The Labute approximate surface area is 180 Å². The van der Waals surface area contributed by atoms with Crippen molar-refractivity contribution >= 4 is 23.0 Å². The number of hydrogen-bond donors (Lipinski definition) is 0. The molecule has 8 nitrogen and oxygen atoms in total. The molecule has 31 heavy (non-hydrogen) atoms. The molecule has 0 bridgehead atoms. The molecule has 1 fully saturated rings. The number of carbonyl (C=O) groups is 1. The van der Waals surface area contributed by atoms with Gasteiger partial charge in [0.15, 0.2) is 0 Å². The number of hydrogen-bond acceptors (Lipinski definition) is 6. The molecular formula is C23H25N5O3. The predicted octanol–water partition coefficient (Wildman–Crippen LogP) is 2.44. The topological polar surface area (TPSA) is 82.2 Å². The van der Waals surface area contributed by atoms with Gasteiger partial charge in [0, 0.05) is 13.1 Å². The number of benzene rings is 1. The molecule has 160 valence electrons. The molecule has 1 aromatic carbocycles. The Bertz CT molecular complexity index is 1210. The zero-order valence-electron chi connectivity index (χ0n) is 17.8. The molecule has 4 rings (SSSR count). The van der Waals surface area contributed by atoms with E-state index < -0.39 is 5.97 Å². The number of ether oxygens (including phenoxy) is 1. The van der Waals surface area contributed by atoms with Crippen molar-refractivity contribution in [2.75, 3.05) is 25.1 Å². The lowest BCUT2D eigenvalue weighted by Gasteiger charge is -2.27. The second kappa shape index (κ2) is 9.04. The Kier molecular flexibility index (Phi) is 6.03. The molecule has 0 saturated carbocycles. The summed E-state index contributed by atoms with van der Waals surface area (Å²) in [5.74, 6) is 6.38. The summed E-state index contributed by atoms with van der Waals surface area (Å²) in [7, 11) is 1.35. The minimum Gasteiger partial charge on any atom is -0.465 e. The largest absolute Gasteiger partial charge is 0.465 e. The third-order valence-corrected chi connectivity index (χ3v) is 5.49. The fourth-order valence-corrected chi connectivity index (χ4v) is 3.87. The van der Waals surface area contributed by atoms with Crippen LogP contribution in [-0.4, -0.2) is 45.5 Å². The lowest BCUT2D eigenvalue weighted by molar-refractivity contribution is 0.0600. The number of aromatic nitrogens is 4. The van der Waals surface area contributed by atoms with Crippen LogP contribution in [0, 0.1) is 11.8 Å². The Morgan fingerprint density at radius 3 is 2.58 bits per heavy atom. The van der Waals surface area contributed by atoms with Gasteiger partial charge in [0.1, 0.15) is 11.0 Å². The van der Waals surface area contributed by atoms with Crippen LogP contribution in [0.5, 0.6) is 0 Å². The number of imidazole rings is 1. The van der Waals surface area contributed by atoms with Gasteiger partial charge in [0.25, 0.3) is 5.56 Å². The smallest absolute Gasteiger partial charge is 0.337 e. The van der Waals surface area contributed by atoms with Gasteiger partial charge in [-0.3, -0.25) is 9.36 Å². The third-order valence-electron chi connectivity index (χ3n) is 5.49. The predicted molar refractivity (Wildman–Crippen MR) is 118 cm³/mol. The maximum atomic E-state index is 13.3. The number of piperidine rings is 1. The van der Waals surface area contributed by atoms with Crippen molar-refractivity contribution in [1.29, 1.82) is 0 Å². The van der Waals surface area contributed by atoms with E-state index in [9.17, 15) is 9.59 Å². The molecule has 3 aromatic rings. The van der Waals surface area contributed by atoms with Gasteiger partial charge in [-0.2, -0.15) is 5.10 Å². The highest BCUT2D eigenvalue weighted by Crippen LogP contribution is 2.23. The molecule has 1 saturated heterocycles. The van der Waals surface area contributed by atoms with Crippen LogP contribution in [0.1, 0.15) is 42.1 Å². The number of nitrogens with zero attached hydrogens (tertiary/aromatic N) is 5. The lowest BCUT2D eigenvalue weighted by atomic mass is 10.1. The Morgan fingerprint density at radius 2 is 1.90 bits per heavy atom. The SMILES string of the molecule is CC#CCn1c(N2CCCCC2)nc2cnn(Cc3ccc(C(=O)OC)cc3)c(=O)c21. The first-order chi connectivity index (χ1) is 15.1. The van der Waals surface area contributed by atoms with Crippen molar-refractivity contribution in [1.82, 2.24) is 19.3 Å². The second-order valence-electron chi connectivity index (χ2n) is 7.50. The highest BCUT2D eigenvalue weighted by atomic mass is 16.5. The van der Waals surface area contributed by atoms with E-state index in [0.717, 1.165) is 37.4 Å². The van der Waals surface area contributed by atoms with Gasteiger partial charge in [-0.05, 0) is 43.9 Å². The van der Waals surface area contributed by atoms with Gasteiger partial charge in [-0.25, -0.2) is 14.5 Å². The molecule has 1 aliphatic rings.